The van der Waals surface area contributed by atoms with Gasteiger partial charge in [-0.25, -0.2) is 4.98 Å². The van der Waals surface area contributed by atoms with Crippen LogP contribution in [0.5, 0.6) is 0 Å². The summed E-state index contributed by atoms with van der Waals surface area (Å²) in [4.78, 5) is 17.3. The van der Waals surface area contributed by atoms with Crippen molar-refractivity contribution in [1.82, 2.24) is 19.3 Å². The van der Waals surface area contributed by atoms with Crippen LogP contribution in [0, 0.1) is 0 Å². The molecule has 3 aromatic heterocycles. The fourth-order valence-corrected chi connectivity index (χ4v) is 3.60. The number of hydrogen-bond acceptors (Lipinski definition) is 2. The van der Waals surface area contributed by atoms with Gasteiger partial charge in [0.1, 0.15) is 5.65 Å². The summed E-state index contributed by atoms with van der Waals surface area (Å²) >= 11 is 0. The second-order valence-electron chi connectivity index (χ2n) is 7.00. The number of nitrogens with zero attached hydrogens (tertiary/aromatic N) is 3. The molecule has 142 valence electrons. The van der Waals surface area contributed by atoms with Gasteiger partial charge in [-0.15, -0.1) is 0 Å². The number of carbonyl (C=O) groups is 1. The number of aromatic nitrogens is 3. The first-order valence-corrected chi connectivity index (χ1v) is 9.64. The van der Waals surface area contributed by atoms with E-state index in [-0.39, 0.29) is 5.91 Å². The van der Waals surface area contributed by atoms with Crippen LogP contribution < -0.4 is 5.32 Å². The first-order chi connectivity index (χ1) is 14.3. The number of para-hydroxylation sites is 1. The van der Waals surface area contributed by atoms with Gasteiger partial charge in [0, 0.05) is 48.3 Å². The second-order valence-corrected chi connectivity index (χ2v) is 7.00. The van der Waals surface area contributed by atoms with Gasteiger partial charge in [-0.05, 0) is 29.7 Å². The van der Waals surface area contributed by atoms with E-state index in [9.17, 15) is 4.79 Å². The molecule has 1 N–H and O–H groups in total. The summed E-state index contributed by atoms with van der Waals surface area (Å²) in [6.45, 7) is 1.29. The van der Waals surface area contributed by atoms with Gasteiger partial charge in [-0.2, -0.15) is 0 Å². The van der Waals surface area contributed by atoms with E-state index in [1.807, 2.05) is 71.4 Å². The summed E-state index contributed by atoms with van der Waals surface area (Å²) in [6, 6.07) is 24.0. The number of carbonyl (C=O) groups excluding carboxylic acids is 1. The maximum atomic E-state index is 12.6. The van der Waals surface area contributed by atoms with Gasteiger partial charge in [-0.1, -0.05) is 48.5 Å². The van der Waals surface area contributed by atoms with Crippen molar-refractivity contribution in [3.8, 4) is 11.3 Å². The maximum absolute atomic E-state index is 12.6. The summed E-state index contributed by atoms with van der Waals surface area (Å²) < 4.78 is 4.09. The molecule has 3 heterocycles. The molecule has 0 fully saturated rings. The molecule has 1 amide bonds. The Morgan fingerprint density at radius 3 is 2.66 bits per heavy atom. The van der Waals surface area contributed by atoms with Crippen LogP contribution in [0.1, 0.15) is 10.4 Å². The van der Waals surface area contributed by atoms with Crippen LogP contribution in [0.25, 0.3) is 27.8 Å². The van der Waals surface area contributed by atoms with Crippen LogP contribution in [-0.2, 0) is 6.54 Å². The predicted octanol–water partition coefficient (Wildman–Crippen LogP) is 4.39. The van der Waals surface area contributed by atoms with E-state index < -0.39 is 0 Å². The van der Waals surface area contributed by atoms with Crippen molar-refractivity contribution in [2.45, 2.75) is 6.54 Å². The monoisotopic (exact) mass is 380 g/mol. The first kappa shape index (κ1) is 17.3. The fraction of sp³-hybridized carbons (Fsp3) is 0.0833. The van der Waals surface area contributed by atoms with Gasteiger partial charge < -0.3 is 14.3 Å². The highest BCUT2D eigenvalue weighted by Crippen LogP contribution is 2.19. The van der Waals surface area contributed by atoms with E-state index in [2.05, 4.69) is 39.3 Å². The third-order valence-electron chi connectivity index (χ3n) is 5.11. The van der Waals surface area contributed by atoms with Crippen LogP contribution in [0.2, 0.25) is 0 Å². The summed E-state index contributed by atoms with van der Waals surface area (Å²) in [5.74, 6) is -0.0896. The molecule has 5 heteroatoms. The van der Waals surface area contributed by atoms with Crippen LogP contribution in [0.3, 0.4) is 0 Å². The van der Waals surface area contributed by atoms with Crippen LogP contribution in [0.15, 0.2) is 91.4 Å². The molecule has 0 saturated carbocycles. The molecule has 5 nitrogen and oxygen atoms in total. The van der Waals surface area contributed by atoms with Crippen LogP contribution in [-0.4, -0.2) is 26.4 Å². The summed E-state index contributed by atoms with van der Waals surface area (Å²) in [5, 5.41) is 4.21. The highest BCUT2D eigenvalue weighted by molar-refractivity contribution is 5.95. The predicted molar refractivity (Wildman–Crippen MR) is 115 cm³/mol. The van der Waals surface area contributed by atoms with Crippen LogP contribution >= 0.6 is 0 Å². The minimum absolute atomic E-state index is 0.0896. The third kappa shape index (κ3) is 3.38. The van der Waals surface area contributed by atoms with Crippen molar-refractivity contribution >= 4 is 22.5 Å². The molecule has 0 unspecified atom stereocenters. The Balaban J connectivity index is 1.29. The van der Waals surface area contributed by atoms with Gasteiger partial charge in [0.2, 0.25) is 0 Å². The number of hydrogen-bond donors (Lipinski definition) is 1. The van der Waals surface area contributed by atoms with Crippen molar-refractivity contribution < 1.29 is 4.79 Å². The Kier molecular flexibility index (Phi) is 4.33. The van der Waals surface area contributed by atoms with E-state index in [4.69, 9.17) is 0 Å². The van der Waals surface area contributed by atoms with Crippen molar-refractivity contribution in [2.24, 2.45) is 0 Å². The van der Waals surface area contributed by atoms with Crippen molar-refractivity contribution in [3.05, 3.63) is 97.0 Å². The van der Waals surface area contributed by atoms with E-state index in [0.717, 1.165) is 23.4 Å². The van der Waals surface area contributed by atoms with Crippen LogP contribution in [0.4, 0.5) is 0 Å². The molecule has 5 aromatic rings. The number of imidazole rings is 1. The summed E-state index contributed by atoms with van der Waals surface area (Å²) in [7, 11) is 0. The van der Waals surface area contributed by atoms with Crippen molar-refractivity contribution in [3.63, 3.8) is 0 Å². The molecular formula is C24H20N4O. The molecule has 0 spiro atoms. The number of fused-ring (bicyclic) bond motifs is 2. The van der Waals surface area contributed by atoms with Gasteiger partial charge in [0.05, 0.1) is 5.69 Å². The normalized spacial score (nSPS) is 11.2. The van der Waals surface area contributed by atoms with E-state index >= 15 is 0 Å². The SMILES string of the molecule is O=C(NCCn1ccc2ccccc21)c1ccn2cc(-c3ccccc3)nc2c1. The molecule has 0 aliphatic heterocycles. The van der Waals surface area contributed by atoms with Gasteiger partial charge >= 0.3 is 0 Å². The van der Waals surface area contributed by atoms with Crippen molar-refractivity contribution in [1.29, 1.82) is 0 Å². The standard InChI is InChI=1S/C24H20N4O/c29-24(25-12-15-27-13-10-19-8-4-5-9-22(19)27)20-11-14-28-17-21(26-23(28)16-20)18-6-2-1-3-7-18/h1-11,13-14,16-17H,12,15H2,(H,25,29). The number of nitrogens with one attached hydrogen (secondary N) is 1. The fourth-order valence-electron chi connectivity index (χ4n) is 3.60. The maximum Gasteiger partial charge on any atom is 0.251 e. The van der Waals surface area contributed by atoms with Gasteiger partial charge in [0.25, 0.3) is 5.91 Å². The van der Waals surface area contributed by atoms with E-state index in [0.29, 0.717) is 12.1 Å². The average Bonchev–Trinajstić information content (AvgIpc) is 3.38. The van der Waals surface area contributed by atoms with Crippen molar-refractivity contribution in [2.75, 3.05) is 6.54 Å². The lowest BCUT2D eigenvalue weighted by atomic mass is 10.2. The Morgan fingerprint density at radius 1 is 0.931 bits per heavy atom. The minimum atomic E-state index is -0.0896. The van der Waals surface area contributed by atoms with E-state index in [1.54, 1.807) is 0 Å². The summed E-state index contributed by atoms with van der Waals surface area (Å²) in [5.41, 5.74) is 4.49. The Hall–Kier alpha value is -3.86. The zero-order chi connectivity index (χ0) is 19.6. The number of benzene rings is 2. The highest BCUT2D eigenvalue weighted by Gasteiger charge is 2.09. The molecule has 5 rings (SSSR count). The Labute approximate surface area is 168 Å². The average molecular weight is 380 g/mol. The quantitative estimate of drug-likeness (QED) is 0.492. The highest BCUT2D eigenvalue weighted by atomic mass is 16.1. The van der Waals surface area contributed by atoms with E-state index in [1.165, 1.54) is 10.9 Å². The molecule has 0 atom stereocenters. The zero-order valence-corrected chi connectivity index (χ0v) is 15.8. The Morgan fingerprint density at radius 2 is 1.76 bits per heavy atom. The minimum Gasteiger partial charge on any atom is -0.350 e. The first-order valence-electron chi connectivity index (χ1n) is 9.64. The molecule has 0 saturated heterocycles. The molecule has 0 bridgehead atoms. The summed E-state index contributed by atoms with van der Waals surface area (Å²) in [6.07, 6.45) is 5.91. The topological polar surface area (TPSA) is 51.3 Å². The van der Waals surface area contributed by atoms with Gasteiger partial charge in [-0.3, -0.25) is 4.79 Å². The lowest BCUT2D eigenvalue weighted by Gasteiger charge is -2.08. The number of rotatable bonds is 5. The molecule has 2 aromatic carbocycles. The zero-order valence-electron chi connectivity index (χ0n) is 15.8. The largest absolute Gasteiger partial charge is 0.350 e. The molecule has 29 heavy (non-hydrogen) atoms. The van der Waals surface area contributed by atoms with Gasteiger partial charge in [0.15, 0.2) is 0 Å². The number of pyridine rings is 1. The Bertz CT molecular complexity index is 1300. The third-order valence-corrected chi connectivity index (χ3v) is 5.11. The second kappa shape index (κ2) is 7.28. The lowest BCUT2D eigenvalue weighted by molar-refractivity contribution is 0.0952. The number of amides is 1. The molecule has 0 radical (unpaired) electrons. The smallest absolute Gasteiger partial charge is 0.251 e. The lowest BCUT2D eigenvalue weighted by Crippen LogP contribution is -2.27. The molecule has 0 aliphatic carbocycles. The molecular weight excluding hydrogens is 360 g/mol. The molecule has 0 aliphatic rings.